The smallest absolute Gasteiger partial charge is 0.408 e. The fraction of sp³-hybridized carbons (Fsp3) is 0.310. The van der Waals surface area contributed by atoms with E-state index in [1.165, 1.54) is 23.0 Å². The number of ether oxygens (including phenoxy) is 1. The maximum absolute atomic E-state index is 15.2. The van der Waals surface area contributed by atoms with Gasteiger partial charge in [0, 0.05) is 17.4 Å². The van der Waals surface area contributed by atoms with E-state index in [4.69, 9.17) is 9.72 Å². The lowest BCUT2D eigenvalue weighted by atomic mass is 9.92. The summed E-state index contributed by atoms with van der Waals surface area (Å²) in [5, 5.41) is 12.4. The summed E-state index contributed by atoms with van der Waals surface area (Å²) in [5.41, 5.74) is 2.85. The summed E-state index contributed by atoms with van der Waals surface area (Å²) in [5.74, 6) is -1.76. The minimum Gasteiger partial charge on any atom is -0.480 e. The van der Waals surface area contributed by atoms with Crippen molar-refractivity contribution in [3.8, 4) is 10.6 Å². The zero-order chi connectivity index (χ0) is 27.1. The lowest BCUT2D eigenvalue weighted by Crippen LogP contribution is -2.44. The summed E-state index contributed by atoms with van der Waals surface area (Å²) in [6.07, 6.45) is 1.14. The topological polar surface area (TPSA) is 101 Å². The number of nitrogens with one attached hydrogen (secondary N) is 1. The minimum absolute atomic E-state index is 0.0689. The Kier molecular flexibility index (Phi) is 6.65. The molecule has 2 N–H and O–H groups in total. The number of carboxylic acid groups (broad SMARTS) is 1. The van der Waals surface area contributed by atoms with Gasteiger partial charge in [-0.2, -0.15) is 0 Å². The van der Waals surface area contributed by atoms with E-state index in [2.05, 4.69) is 22.4 Å². The third kappa shape index (κ3) is 5.38. The van der Waals surface area contributed by atoms with Crippen LogP contribution in [0.2, 0.25) is 0 Å². The number of carbonyl (C=O) groups is 2. The Labute approximate surface area is 223 Å². The summed E-state index contributed by atoms with van der Waals surface area (Å²) in [4.78, 5) is 34.0. The molecule has 196 valence electrons. The molecule has 5 rings (SSSR count). The number of nitrogens with zero attached hydrogens (tertiary/aromatic N) is 2. The number of carboxylic acids is 1. The molecular weight excluding hydrogens is 505 g/mol. The van der Waals surface area contributed by atoms with Gasteiger partial charge in [-0.25, -0.2) is 23.9 Å². The summed E-state index contributed by atoms with van der Waals surface area (Å²) < 4.78 is 20.3. The van der Waals surface area contributed by atoms with Crippen LogP contribution < -0.4 is 5.32 Å². The van der Waals surface area contributed by atoms with E-state index in [-0.39, 0.29) is 11.8 Å². The van der Waals surface area contributed by atoms with Crippen molar-refractivity contribution >= 4 is 33.7 Å². The van der Waals surface area contributed by atoms with E-state index in [1.807, 2.05) is 30.3 Å². The van der Waals surface area contributed by atoms with Gasteiger partial charge >= 0.3 is 12.1 Å². The number of amides is 1. The van der Waals surface area contributed by atoms with Gasteiger partial charge in [0.05, 0.1) is 5.69 Å². The molecule has 7 nitrogen and oxygen atoms in total. The number of aromatic nitrogens is 2. The number of carbonyl (C=O) groups excluding carboxylic acids is 1. The van der Waals surface area contributed by atoms with Gasteiger partial charge in [-0.1, -0.05) is 47.7 Å². The number of fused-ring (bicyclic) bond motifs is 1. The second kappa shape index (κ2) is 9.79. The van der Waals surface area contributed by atoms with Gasteiger partial charge in [-0.3, -0.25) is 0 Å². The SMILES string of the molecule is CC(C)(C)OC(=O)N[C@@H](Cc1ccc(-c2nc3ccc(C4(c5ccccc5)CC4)nc3s2)c(F)c1)C(=O)O. The molecule has 0 radical (unpaired) electrons. The van der Waals surface area contributed by atoms with Gasteiger partial charge in [0.1, 0.15) is 32.8 Å². The van der Waals surface area contributed by atoms with Crippen LogP contribution in [0, 0.1) is 5.82 Å². The molecule has 1 aliphatic rings. The van der Waals surface area contributed by atoms with Gasteiger partial charge in [-0.15, -0.1) is 0 Å². The van der Waals surface area contributed by atoms with Gasteiger partial charge in [0.25, 0.3) is 0 Å². The normalized spacial score (nSPS) is 15.2. The van der Waals surface area contributed by atoms with Crippen LogP contribution in [0.1, 0.15) is 50.4 Å². The van der Waals surface area contributed by atoms with Crippen molar-refractivity contribution in [2.45, 2.75) is 57.1 Å². The van der Waals surface area contributed by atoms with Crippen LogP contribution in [0.25, 0.3) is 20.9 Å². The van der Waals surface area contributed by atoms with Crippen molar-refractivity contribution in [3.63, 3.8) is 0 Å². The first kappa shape index (κ1) is 25.8. The molecule has 1 atom stereocenters. The van der Waals surface area contributed by atoms with Gasteiger partial charge in [0.2, 0.25) is 0 Å². The molecule has 0 unspecified atom stereocenters. The third-order valence-electron chi connectivity index (χ3n) is 6.52. The van der Waals surface area contributed by atoms with Crippen molar-refractivity contribution in [1.29, 1.82) is 0 Å². The Morgan fingerprint density at radius 3 is 2.47 bits per heavy atom. The van der Waals surface area contributed by atoms with Gasteiger partial charge in [-0.05, 0) is 69.0 Å². The Morgan fingerprint density at radius 1 is 1.11 bits per heavy atom. The molecule has 4 aromatic rings. The van der Waals surface area contributed by atoms with Crippen LogP contribution in [-0.2, 0) is 21.4 Å². The molecule has 1 amide bonds. The molecule has 2 aromatic carbocycles. The summed E-state index contributed by atoms with van der Waals surface area (Å²) in [6, 6.07) is 17.5. The first-order valence-corrected chi connectivity index (χ1v) is 13.2. The molecule has 1 aliphatic carbocycles. The summed E-state index contributed by atoms with van der Waals surface area (Å²) >= 11 is 1.33. The molecule has 0 spiro atoms. The monoisotopic (exact) mass is 533 g/mol. The molecular formula is C29H28FN3O4S. The van der Waals surface area contributed by atoms with E-state index >= 15 is 4.39 Å². The molecule has 38 heavy (non-hydrogen) atoms. The average Bonchev–Trinajstić information content (AvgIpc) is 3.56. The number of benzene rings is 2. The molecule has 1 fully saturated rings. The van der Waals surface area contributed by atoms with Gasteiger partial charge in [0.15, 0.2) is 0 Å². The van der Waals surface area contributed by atoms with Crippen molar-refractivity contribution < 1.29 is 23.8 Å². The lowest BCUT2D eigenvalue weighted by molar-refractivity contribution is -0.139. The molecule has 1 saturated carbocycles. The first-order valence-electron chi connectivity index (χ1n) is 12.4. The molecule has 0 saturated heterocycles. The van der Waals surface area contributed by atoms with Crippen LogP contribution in [0.3, 0.4) is 0 Å². The minimum atomic E-state index is -1.26. The molecule has 2 aromatic heterocycles. The zero-order valence-electron chi connectivity index (χ0n) is 21.3. The fourth-order valence-corrected chi connectivity index (χ4v) is 5.48. The number of alkyl carbamates (subject to hydrolysis) is 1. The number of pyridine rings is 1. The Balaban J connectivity index is 1.36. The van der Waals surface area contributed by atoms with Crippen LogP contribution in [-0.4, -0.2) is 38.8 Å². The van der Waals surface area contributed by atoms with Crippen molar-refractivity contribution in [3.05, 3.63) is 83.3 Å². The maximum Gasteiger partial charge on any atom is 0.408 e. The maximum atomic E-state index is 15.2. The van der Waals surface area contributed by atoms with E-state index in [0.717, 1.165) is 23.4 Å². The molecule has 2 heterocycles. The van der Waals surface area contributed by atoms with E-state index in [0.29, 0.717) is 21.7 Å². The number of aliphatic carboxylic acids is 1. The second-order valence-corrected chi connectivity index (χ2v) is 11.5. The lowest BCUT2D eigenvalue weighted by Gasteiger charge is -2.22. The Morgan fingerprint density at radius 2 is 1.84 bits per heavy atom. The largest absolute Gasteiger partial charge is 0.480 e. The second-order valence-electron chi connectivity index (χ2n) is 10.5. The van der Waals surface area contributed by atoms with E-state index in [1.54, 1.807) is 32.9 Å². The highest BCUT2D eigenvalue weighted by molar-refractivity contribution is 7.21. The zero-order valence-corrected chi connectivity index (χ0v) is 22.1. The van der Waals surface area contributed by atoms with E-state index in [9.17, 15) is 14.7 Å². The van der Waals surface area contributed by atoms with E-state index < -0.39 is 29.5 Å². The van der Waals surface area contributed by atoms with Crippen LogP contribution >= 0.6 is 11.3 Å². The van der Waals surface area contributed by atoms with Crippen LogP contribution in [0.5, 0.6) is 0 Å². The highest BCUT2D eigenvalue weighted by atomic mass is 32.1. The highest BCUT2D eigenvalue weighted by Crippen LogP contribution is 2.53. The number of rotatable bonds is 7. The summed E-state index contributed by atoms with van der Waals surface area (Å²) in [6.45, 7) is 5.05. The molecule has 0 bridgehead atoms. The number of hydrogen-bond donors (Lipinski definition) is 2. The third-order valence-corrected chi connectivity index (χ3v) is 7.51. The standard InChI is InChI=1S/C29H28FN3O4S/c1-28(2,3)37-27(36)32-22(26(34)35)16-17-9-10-19(20(30)15-17)24-31-21-11-12-23(33-25(21)38-24)29(13-14-29)18-7-5-4-6-8-18/h4-12,15,22H,13-14,16H2,1-3H3,(H,32,36)(H,34,35)/t22-/m0/s1. The molecule has 0 aliphatic heterocycles. The predicted molar refractivity (Wildman–Crippen MR) is 144 cm³/mol. The van der Waals surface area contributed by atoms with Crippen LogP contribution in [0.15, 0.2) is 60.7 Å². The predicted octanol–water partition coefficient (Wildman–Crippen LogP) is 6.10. The quantitative estimate of drug-likeness (QED) is 0.298. The molecule has 9 heteroatoms. The highest BCUT2D eigenvalue weighted by Gasteiger charge is 2.47. The Hall–Kier alpha value is -3.85. The first-order chi connectivity index (χ1) is 18.0. The average molecular weight is 534 g/mol. The number of hydrogen-bond acceptors (Lipinski definition) is 6. The summed E-state index contributed by atoms with van der Waals surface area (Å²) in [7, 11) is 0. The van der Waals surface area contributed by atoms with Crippen LogP contribution in [0.4, 0.5) is 9.18 Å². The van der Waals surface area contributed by atoms with Crippen molar-refractivity contribution in [2.24, 2.45) is 0 Å². The fourth-order valence-electron chi connectivity index (χ4n) is 4.52. The number of thiazole rings is 1. The van der Waals surface area contributed by atoms with Crippen molar-refractivity contribution in [1.82, 2.24) is 15.3 Å². The number of halogens is 1. The van der Waals surface area contributed by atoms with Crippen molar-refractivity contribution in [2.75, 3.05) is 0 Å². The van der Waals surface area contributed by atoms with Gasteiger partial charge < -0.3 is 15.2 Å². The Bertz CT molecular complexity index is 1510.